The van der Waals surface area contributed by atoms with Crippen molar-refractivity contribution < 1.29 is 0 Å². The van der Waals surface area contributed by atoms with E-state index in [0.717, 1.165) is 5.69 Å². The Morgan fingerprint density at radius 3 is 2.11 bits per heavy atom. The van der Waals surface area contributed by atoms with Crippen LogP contribution in [0.4, 0.5) is 0 Å². The molecular weight excluding hydrogens is 224 g/mol. The van der Waals surface area contributed by atoms with Gasteiger partial charge in [-0.15, -0.1) is 0 Å². The molecule has 4 nitrogen and oxygen atoms in total. The van der Waals surface area contributed by atoms with Gasteiger partial charge in [0.25, 0.3) is 0 Å². The summed E-state index contributed by atoms with van der Waals surface area (Å²) in [7, 11) is 0. The lowest BCUT2D eigenvalue weighted by Crippen LogP contribution is -1.98. The smallest absolute Gasteiger partial charge is 0.235 e. The van der Waals surface area contributed by atoms with Crippen molar-refractivity contribution in [1.29, 1.82) is 0 Å². The van der Waals surface area contributed by atoms with Crippen molar-refractivity contribution in [3.63, 3.8) is 0 Å². The minimum absolute atomic E-state index is 0.660. The monoisotopic (exact) mass is 238 g/mol. The van der Waals surface area contributed by atoms with Gasteiger partial charge in [-0.2, -0.15) is 0 Å². The summed E-state index contributed by atoms with van der Waals surface area (Å²) in [5, 5.41) is 0. The average molecular weight is 238 g/mol. The van der Waals surface area contributed by atoms with Gasteiger partial charge in [0.05, 0.1) is 0 Å². The molecule has 4 heteroatoms. The van der Waals surface area contributed by atoms with Gasteiger partial charge in [0.15, 0.2) is 0 Å². The first-order valence-electron chi connectivity index (χ1n) is 5.64. The van der Waals surface area contributed by atoms with Crippen molar-refractivity contribution >= 4 is 0 Å². The summed E-state index contributed by atoms with van der Waals surface area (Å²) in [6.45, 7) is 1.93. The van der Waals surface area contributed by atoms with Crippen LogP contribution in [0.15, 0.2) is 67.4 Å². The molecule has 0 N–H and O–H groups in total. The van der Waals surface area contributed by atoms with Crippen molar-refractivity contribution in [3.8, 4) is 5.95 Å². The van der Waals surface area contributed by atoms with Crippen LogP contribution in [0.3, 0.4) is 0 Å². The van der Waals surface area contributed by atoms with Crippen LogP contribution in [0.25, 0.3) is 5.95 Å². The highest BCUT2D eigenvalue weighted by atomic mass is 15.2. The van der Waals surface area contributed by atoms with Crippen molar-refractivity contribution in [2.24, 2.45) is 0 Å². The van der Waals surface area contributed by atoms with E-state index in [1.807, 2.05) is 55.6 Å². The molecule has 2 heterocycles. The number of nitrogens with zero attached hydrogens (tertiary/aromatic N) is 4. The van der Waals surface area contributed by atoms with Crippen molar-refractivity contribution in [1.82, 2.24) is 19.5 Å². The number of imidazole rings is 1. The molecule has 0 aliphatic heterocycles. The van der Waals surface area contributed by atoms with Crippen LogP contribution in [0.2, 0.25) is 0 Å². The van der Waals surface area contributed by atoms with E-state index in [2.05, 4.69) is 15.0 Å². The molecule has 90 valence electrons. The third kappa shape index (κ3) is 3.52. The minimum Gasteiger partial charge on any atom is -0.274 e. The molecule has 2 aromatic heterocycles. The van der Waals surface area contributed by atoms with E-state index in [-0.39, 0.29) is 0 Å². The second-order valence-corrected chi connectivity index (χ2v) is 3.62. The zero-order valence-corrected chi connectivity index (χ0v) is 10.1. The molecular formula is C14H14N4. The molecule has 1 aromatic carbocycles. The summed E-state index contributed by atoms with van der Waals surface area (Å²) < 4.78 is 1.77. The lowest BCUT2D eigenvalue weighted by atomic mass is 10.4. The molecule has 0 aliphatic carbocycles. The van der Waals surface area contributed by atoms with Gasteiger partial charge in [-0.1, -0.05) is 36.4 Å². The van der Waals surface area contributed by atoms with Crippen molar-refractivity contribution in [2.45, 2.75) is 6.92 Å². The number of hydrogen-bond acceptors (Lipinski definition) is 3. The van der Waals surface area contributed by atoms with Crippen LogP contribution in [-0.4, -0.2) is 19.5 Å². The molecule has 0 spiro atoms. The number of hydrogen-bond donors (Lipinski definition) is 0. The zero-order chi connectivity index (χ0) is 12.6. The van der Waals surface area contributed by atoms with Gasteiger partial charge in [0.2, 0.25) is 5.95 Å². The van der Waals surface area contributed by atoms with Crippen LogP contribution < -0.4 is 0 Å². The number of benzene rings is 1. The molecule has 3 rings (SSSR count). The molecule has 0 unspecified atom stereocenters. The summed E-state index contributed by atoms with van der Waals surface area (Å²) in [5.74, 6) is 0.660. The predicted octanol–water partition coefficient (Wildman–Crippen LogP) is 2.66. The summed E-state index contributed by atoms with van der Waals surface area (Å²) in [6, 6.07) is 13.9. The average Bonchev–Trinajstić information content (AvgIpc) is 2.95. The first kappa shape index (κ1) is 12.0. The second kappa shape index (κ2) is 6.30. The van der Waals surface area contributed by atoms with Crippen LogP contribution >= 0.6 is 0 Å². The molecule has 0 radical (unpaired) electrons. The van der Waals surface area contributed by atoms with Gasteiger partial charge in [-0.05, 0) is 13.0 Å². The van der Waals surface area contributed by atoms with Gasteiger partial charge in [-0.25, -0.2) is 15.0 Å². The van der Waals surface area contributed by atoms with Gasteiger partial charge < -0.3 is 0 Å². The molecule has 0 atom stereocenters. The van der Waals surface area contributed by atoms with E-state index in [9.17, 15) is 0 Å². The maximum absolute atomic E-state index is 4.23. The fraction of sp³-hybridized carbons (Fsp3) is 0.0714. The molecule has 18 heavy (non-hydrogen) atoms. The Balaban J connectivity index is 0.000000169. The number of aromatic nitrogens is 4. The Hall–Kier alpha value is -2.49. The van der Waals surface area contributed by atoms with Crippen LogP contribution in [-0.2, 0) is 0 Å². The van der Waals surface area contributed by atoms with E-state index >= 15 is 0 Å². The Labute approximate surface area is 106 Å². The van der Waals surface area contributed by atoms with Crippen molar-refractivity contribution in [2.75, 3.05) is 0 Å². The second-order valence-electron chi connectivity index (χ2n) is 3.62. The Morgan fingerprint density at radius 1 is 0.944 bits per heavy atom. The fourth-order valence-electron chi connectivity index (χ4n) is 1.32. The molecule has 0 aliphatic rings. The summed E-state index contributed by atoms with van der Waals surface area (Å²) in [6.07, 6.45) is 6.92. The molecule has 0 saturated heterocycles. The molecule has 0 fully saturated rings. The fourth-order valence-corrected chi connectivity index (χ4v) is 1.32. The third-order valence-electron chi connectivity index (χ3n) is 2.18. The topological polar surface area (TPSA) is 43.6 Å². The summed E-state index contributed by atoms with van der Waals surface area (Å²) >= 11 is 0. The van der Waals surface area contributed by atoms with E-state index in [1.165, 1.54) is 0 Å². The Morgan fingerprint density at radius 2 is 1.61 bits per heavy atom. The SMILES string of the molecule is Cc1ccnc(-n2ccnc2)n1.c1ccccc1. The van der Waals surface area contributed by atoms with Gasteiger partial charge >= 0.3 is 0 Å². The van der Waals surface area contributed by atoms with Crippen LogP contribution in [0, 0.1) is 6.92 Å². The van der Waals surface area contributed by atoms with Gasteiger partial charge in [0, 0.05) is 24.3 Å². The number of aryl methyl sites for hydroxylation is 1. The lowest BCUT2D eigenvalue weighted by molar-refractivity contribution is 0.909. The van der Waals surface area contributed by atoms with Crippen LogP contribution in [0.1, 0.15) is 5.69 Å². The van der Waals surface area contributed by atoms with E-state index in [0.29, 0.717) is 5.95 Å². The Bertz CT molecular complexity index is 535. The van der Waals surface area contributed by atoms with Crippen molar-refractivity contribution in [3.05, 3.63) is 73.1 Å². The van der Waals surface area contributed by atoms with E-state index < -0.39 is 0 Å². The first-order chi connectivity index (χ1) is 8.86. The standard InChI is InChI=1S/C8H8N4.C6H6/c1-7-2-3-10-8(11-7)12-5-4-9-6-12;1-2-4-6-5-3-1/h2-6H,1H3;1-6H. The first-order valence-corrected chi connectivity index (χ1v) is 5.64. The highest BCUT2D eigenvalue weighted by molar-refractivity contribution is 5.13. The largest absolute Gasteiger partial charge is 0.274 e. The molecule has 0 amide bonds. The Kier molecular flexibility index (Phi) is 4.19. The van der Waals surface area contributed by atoms with Gasteiger partial charge in [-0.3, -0.25) is 4.57 Å². The minimum atomic E-state index is 0.660. The lowest BCUT2D eigenvalue weighted by Gasteiger charge is -1.98. The summed E-state index contributed by atoms with van der Waals surface area (Å²) in [5.41, 5.74) is 0.953. The van der Waals surface area contributed by atoms with Crippen LogP contribution in [0.5, 0.6) is 0 Å². The molecule has 0 saturated carbocycles. The van der Waals surface area contributed by atoms with E-state index in [4.69, 9.17) is 0 Å². The maximum Gasteiger partial charge on any atom is 0.235 e. The van der Waals surface area contributed by atoms with E-state index in [1.54, 1.807) is 23.3 Å². The zero-order valence-electron chi connectivity index (χ0n) is 10.1. The third-order valence-corrected chi connectivity index (χ3v) is 2.18. The summed E-state index contributed by atoms with van der Waals surface area (Å²) in [4.78, 5) is 12.2. The van der Waals surface area contributed by atoms with Gasteiger partial charge in [0.1, 0.15) is 6.33 Å². The highest BCUT2D eigenvalue weighted by Crippen LogP contribution is 1.99. The maximum atomic E-state index is 4.23. The molecule has 3 aromatic rings. The quantitative estimate of drug-likeness (QED) is 0.654. The number of rotatable bonds is 1. The molecule has 0 bridgehead atoms. The predicted molar refractivity (Wildman–Crippen MR) is 70.3 cm³/mol. The normalized spacial score (nSPS) is 9.39. The highest BCUT2D eigenvalue weighted by Gasteiger charge is 1.96.